The van der Waals surface area contributed by atoms with Crippen molar-refractivity contribution in [3.05, 3.63) is 34.3 Å². The zero-order valence-electron chi connectivity index (χ0n) is 6.76. The molecule has 1 aromatic rings. The summed E-state index contributed by atoms with van der Waals surface area (Å²) in [6, 6.07) is 5.79. The molecule has 0 bridgehead atoms. The summed E-state index contributed by atoms with van der Waals surface area (Å²) >= 11 is 5.81. The Morgan fingerprint density at radius 1 is 1.42 bits per heavy atom. The average molecular weight is 183 g/mol. The van der Waals surface area contributed by atoms with E-state index in [-0.39, 0.29) is 6.61 Å². The summed E-state index contributed by atoms with van der Waals surface area (Å²) in [7, 11) is 0. The van der Waals surface area contributed by atoms with E-state index in [2.05, 4.69) is 0 Å². The first-order chi connectivity index (χ1) is 5.81. The monoisotopic (exact) mass is 182 g/mol. The van der Waals surface area contributed by atoms with E-state index in [1.807, 2.05) is 18.2 Å². The van der Waals surface area contributed by atoms with Gasteiger partial charge in [0.15, 0.2) is 0 Å². The van der Waals surface area contributed by atoms with Gasteiger partial charge in [0, 0.05) is 5.02 Å². The van der Waals surface area contributed by atoms with Crippen molar-refractivity contribution in [2.45, 2.75) is 25.4 Å². The SMILES string of the molecule is OCc1cc(Cl)ccc1C1CC1. The van der Waals surface area contributed by atoms with E-state index >= 15 is 0 Å². The summed E-state index contributed by atoms with van der Waals surface area (Å²) in [5.74, 6) is 0.685. The molecule has 1 aliphatic carbocycles. The molecule has 0 aliphatic heterocycles. The molecule has 0 unspecified atom stereocenters. The van der Waals surface area contributed by atoms with E-state index in [1.54, 1.807) is 0 Å². The van der Waals surface area contributed by atoms with Gasteiger partial charge in [0.25, 0.3) is 0 Å². The zero-order valence-corrected chi connectivity index (χ0v) is 7.51. The van der Waals surface area contributed by atoms with E-state index in [1.165, 1.54) is 18.4 Å². The van der Waals surface area contributed by atoms with Crippen LogP contribution in [-0.4, -0.2) is 5.11 Å². The lowest BCUT2D eigenvalue weighted by Gasteiger charge is -2.05. The Labute approximate surface area is 77.0 Å². The molecule has 1 N–H and O–H groups in total. The molecule has 64 valence electrons. The normalized spacial score (nSPS) is 16.5. The van der Waals surface area contributed by atoms with E-state index in [0.29, 0.717) is 10.9 Å². The first-order valence-corrected chi connectivity index (χ1v) is 4.58. The highest BCUT2D eigenvalue weighted by molar-refractivity contribution is 6.30. The Balaban J connectivity index is 2.38. The molecule has 0 radical (unpaired) electrons. The third-order valence-electron chi connectivity index (χ3n) is 2.29. The average Bonchev–Trinajstić information content (AvgIpc) is 2.87. The first kappa shape index (κ1) is 8.09. The van der Waals surface area contributed by atoms with Gasteiger partial charge in [0.1, 0.15) is 0 Å². The van der Waals surface area contributed by atoms with E-state index < -0.39 is 0 Å². The lowest BCUT2D eigenvalue weighted by Crippen LogP contribution is -1.91. The number of benzene rings is 1. The summed E-state index contributed by atoms with van der Waals surface area (Å²) in [6.07, 6.45) is 2.52. The van der Waals surface area contributed by atoms with Gasteiger partial charge in [0.05, 0.1) is 6.61 Å². The summed E-state index contributed by atoms with van der Waals surface area (Å²) < 4.78 is 0. The second-order valence-electron chi connectivity index (χ2n) is 3.28. The van der Waals surface area contributed by atoms with Gasteiger partial charge in [-0.1, -0.05) is 17.7 Å². The molecule has 2 heteroatoms. The molecule has 1 aromatic carbocycles. The standard InChI is InChI=1S/C10H11ClO/c11-9-3-4-10(7-1-2-7)8(5-9)6-12/h3-5,7,12H,1-2,6H2. The van der Waals surface area contributed by atoms with Crippen molar-refractivity contribution in [1.82, 2.24) is 0 Å². The van der Waals surface area contributed by atoms with Gasteiger partial charge in [-0.15, -0.1) is 0 Å². The number of halogens is 1. The molecule has 1 fully saturated rings. The number of hydrogen-bond donors (Lipinski definition) is 1. The topological polar surface area (TPSA) is 20.2 Å². The van der Waals surface area contributed by atoms with Crippen molar-refractivity contribution in [2.24, 2.45) is 0 Å². The molecule has 0 amide bonds. The highest BCUT2D eigenvalue weighted by Crippen LogP contribution is 2.42. The van der Waals surface area contributed by atoms with Gasteiger partial charge in [-0.25, -0.2) is 0 Å². The second kappa shape index (κ2) is 3.08. The zero-order chi connectivity index (χ0) is 8.55. The number of rotatable bonds is 2. The Morgan fingerprint density at radius 3 is 2.75 bits per heavy atom. The molecule has 0 saturated heterocycles. The third kappa shape index (κ3) is 1.47. The number of aliphatic hydroxyl groups is 1. The van der Waals surface area contributed by atoms with Crippen molar-refractivity contribution < 1.29 is 5.11 Å². The molecule has 2 rings (SSSR count). The van der Waals surface area contributed by atoms with Crippen LogP contribution in [0.5, 0.6) is 0 Å². The molecule has 1 nitrogen and oxygen atoms in total. The molecular weight excluding hydrogens is 172 g/mol. The van der Waals surface area contributed by atoms with Crippen LogP contribution in [0, 0.1) is 0 Å². The lowest BCUT2D eigenvalue weighted by atomic mass is 10.0. The van der Waals surface area contributed by atoms with Crippen LogP contribution in [0.1, 0.15) is 29.9 Å². The summed E-state index contributed by atoms with van der Waals surface area (Å²) in [4.78, 5) is 0. The fourth-order valence-corrected chi connectivity index (χ4v) is 1.70. The molecule has 0 heterocycles. The van der Waals surface area contributed by atoms with Gasteiger partial charge in [-0.3, -0.25) is 0 Å². The lowest BCUT2D eigenvalue weighted by molar-refractivity contribution is 0.280. The maximum Gasteiger partial charge on any atom is 0.0685 e. The Bertz CT molecular complexity index is 292. The molecule has 1 aliphatic rings. The van der Waals surface area contributed by atoms with Gasteiger partial charge in [-0.05, 0) is 42.0 Å². The number of aliphatic hydroxyl groups excluding tert-OH is 1. The van der Waals surface area contributed by atoms with Crippen molar-refractivity contribution >= 4 is 11.6 Å². The van der Waals surface area contributed by atoms with E-state index in [9.17, 15) is 0 Å². The van der Waals surface area contributed by atoms with Crippen molar-refractivity contribution in [3.63, 3.8) is 0 Å². The molecule has 1 saturated carbocycles. The molecule has 0 spiro atoms. The van der Waals surface area contributed by atoms with Crippen LogP contribution in [0.15, 0.2) is 18.2 Å². The van der Waals surface area contributed by atoms with Crippen LogP contribution in [0.25, 0.3) is 0 Å². The predicted molar refractivity (Wildman–Crippen MR) is 49.3 cm³/mol. The smallest absolute Gasteiger partial charge is 0.0685 e. The Kier molecular flexibility index (Phi) is 2.07. The maximum atomic E-state index is 9.06. The van der Waals surface area contributed by atoms with Crippen LogP contribution in [0.3, 0.4) is 0 Å². The molecule has 0 atom stereocenters. The van der Waals surface area contributed by atoms with Crippen molar-refractivity contribution in [2.75, 3.05) is 0 Å². The third-order valence-corrected chi connectivity index (χ3v) is 2.53. The van der Waals surface area contributed by atoms with Crippen LogP contribution in [0.2, 0.25) is 5.02 Å². The molecule has 0 aromatic heterocycles. The van der Waals surface area contributed by atoms with Gasteiger partial charge < -0.3 is 5.11 Å². The summed E-state index contributed by atoms with van der Waals surface area (Å²) in [6.45, 7) is 0.104. The fraction of sp³-hybridized carbons (Fsp3) is 0.400. The largest absolute Gasteiger partial charge is 0.392 e. The fourth-order valence-electron chi connectivity index (χ4n) is 1.50. The second-order valence-corrected chi connectivity index (χ2v) is 3.71. The van der Waals surface area contributed by atoms with Crippen LogP contribution in [0.4, 0.5) is 0 Å². The van der Waals surface area contributed by atoms with E-state index in [0.717, 1.165) is 5.56 Å². The van der Waals surface area contributed by atoms with Crippen LogP contribution >= 0.6 is 11.6 Å². The van der Waals surface area contributed by atoms with Crippen LogP contribution < -0.4 is 0 Å². The van der Waals surface area contributed by atoms with Crippen molar-refractivity contribution in [3.8, 4) is 0 Å². The molecular formula is C10H11ClO. The minimum Gasteiger partial charge on any atom is -0.392 e. The first-order valence-electron chi connectivity index (χ1n) is 4.20. The van der Waals surface area contributed by atoms with Crippen molar-refractivity contribution in [1.29, 1.82) is 0 Å². The summed E-state index contributed by atoms with van der Waals surface area (Å²) in [5.41, 5.74) is 2.27. The number of hydrogen-bond acceptors (Lipinski definition) is 1. The highest BCUT2D eigenvalue weighted by Gasteiger charge is 2.25. The predicted octanol–water partition coefficient (Wildman–Crippen LogP) is 2.71. The van der Waals surface area contributed by atoms with E-state index in [4.69, 9.17) is 16.7 Å². The van der Waals surface area contributed by atoms with Gasteiger partial charge in [0.2, 0.25) is 0 Å². The van der Waals surface area contributed by atoms with Gasteiger partial charge in [-0.2, -0.15) is 0 Å². The summed E-state index contributed by atoms with van der Waals surface area (Å²) in [5, 5.41) is 9.77. The maximum absolute atomic E-state index is 9.06. The van der Waals surface area contributed by atoms with Gasteiger partial charge >= 0.3 is 0 Å². The minimum atomic E-state index is 0.104. The minimum absolute atomic E-state index is 0.104. The quantitative estimate of drug-likeness (QED) is 0.746. The highest BCUT2D eigenvalue weighted by atomic mass is 35.5. The van der Waals surface area contributed by atoms with Crippen LogP contribution in [-0.2, 0) is 6.61 Å². The Morgan fingerprint density at radius 2 is 2.17 bits per heavy atom. The Hall–Kier alpha value is -0.530. The molecule has 12 heavy (non-hydrogen) atoms.